The fourth-order valence-electron chi connectivity index (χ4n) is 2.26. The van der Waals surface area contributed by atoms with E-state index in [1.54, 1.807) is 0 Å². The SMILES string of the molecule is Cl.Cl.Fc1cc(F)c([C@@H](C(F)F)N2CCNCC2)c(F)c1. The Balaban J connectivity index is 0.00000200. The number of nitrogens with zero attached hydrogens (tertiary/aromatic N) is 1. The predicted octanol–water partition coefficient (Wildman–Crippen LogP) is 3.16. The number of piperazine rings is 1. The second-order valence-corrected chi connectivity index (χ2v) is 4.35. The molecule has 9 heteroatoms. The third kappa shape index (κ3) is 4.67. The number of hydrogen-bond donors (Lipinski definition) is 1. The topological polar surface area (TPSA) is 15.3 Å². The van der Waals surface area contributed by atoms with Crippen molar-refractivity contribution in [2.45, 2.75) is 12.5 Å². The van der Waals surface area contributed by atoms with E-state index in [-0.39, 0.29) is 37.9 Å². The van der Waals surface area contributed by atoms with Crippen LogP contribution < -0.4 is 5.32 Å². The molecule has 1 aliphatic heterocycles. The Labute approximate surface area is 131 Å². The van der Waals surface area contributed by atoms with Crippen molar-refractivity contribution in [1.29, 1.82) is 0 Å². The first kappa shape index (κ1) is 20.4. The Morgan fingerprint density at radius 3 is 1.86 bits per heavy atom. The van der Waals surface area contributed by atoms with Gasteiger partial charge in [0.25, 0.3) is 6.43 Å². The van der Waals surface area contributed by atoms with Crippen LogP contribution in [0.5, 0.6) is 0 Å². The molecule has 0 spiro atoms. The lowest BCUT2D eigenvalue weighted by Gasteiger charge is -2.34. The van der Waals surface area contributed by atoms with Crippen molar-refractivity contribution in [2.24, 2.45) is 0 Å². The number of alkyl halides is 2. The number of benzene rings is 1. The Bertz CT molecular complexity index is 432. The van der Waals surface area contributed by atoms with E-state index in [1.165, 1.54) is 4.90 Å². The molecule has 0 bridgehead atoms. The van der Waals surface area contributed by atoms with Crippen LogP contribution >= 0.6 is 24.8 Å². The fraction of sp³-hybridized carbons (Fsp3) is 0.500. The summed E-state index contributed by atoms with van der Waals surface area (Å²) in [6.45, 7) is 1.44. The molecule has 0 amide bonds. The van der Waals surface area contributed by atoms with Crippen LogP contribution in [-0.2, 0) is 0 Å². The summed E-state index contributed by atoms with van der Waals surface area (Å²) in [6.07, 6.45) is -2.95. The first-order chi connectivity index (χ1) is 9.00. The van der Waals surface area contributed by atoms with Gasteiger partial charge in [0.15, 0.2) is 0 Å². The van der Waals surface area contributed by atoms with Crippen LogP contribution in [0.2, 0.25) is 0 Å². The van der Waals surface area contributed by atoms with Gasteiger partial charge in [-0.1, -0.05) is 0 Å². The molecule has 2 nitrogen and oxygen atoms in total. The number of nitrogens with one attached hydrogen (secondary N) is 1. The van der Waals surface area contributed by atoms with E-state index in [2.05, 4.69) is 5.32 Å². The van der Waals surface area contributed by atoms with Crippen LogP contribution in [0.15, 0.2) is 12.1 Å². The Hall–Kier alpha value is -0.630. The van der Waals surface area contributed by atoms with Crippen LogP contribution in [0.3, 0.4) is 0 Å². The normalized spacial score (nSPS) is 17.0. The lowest BCUT2D eigenvalue weighted by Crippen LogP contribution is -2.47. The molecule has 122 valence electrons. The van der Waals surface area contributed by atoms with Crippen LogP contribution in [0, 0.1) is 17.5 Å². The Kier molecular flexibility index (Phi) is 8.46. The van der Waals surface area contributed by atoms with Crippen LogP contribution in [0.25, 0.3) is 0 Å². The molecule has 1 N–H and O–H groups in total. The lowest BCUT2D eigenvalue weighted by molar-refractivity contribution is 0.0144. The number of halogens is 7. The molecule has 1 fully saturated rings. The second-order valence-electron chi connectivity index (χ2n) is 4.35. The smallest absolute Gasteiger partial charge is 0.258 e. The number of rotatable bonds is 3. The maximum Gasteiger partial charge on any atom is 0.258 e. The van der Waals surface area contributed by atoms with Crippen molar-refractivity contribution in [3.63, 3.8) is 0 Å². The average Bonchev–Trinajstić information content (AvgIpc) is 2.34. The zero-order chi connectivity index (χ0) is 14.0. The summed E-state index contributed by atoms with van der Waals surface area (Å²) < 4.78 is 66.3. The van der Waals surface area contributed by atoms with E-state index in [0.29, 0.717) is 25.2 Å². The van der Waals surface area contributed by atoms with Crippen molar-refractivity contribution in [3.8, 4) is 0 Å². The zero-order valence-corrected chi connectivity index (χ0v) is 12.4. The van der Waals surface area contributed by atoms with E-state index in [4.69, 9.17) is 0 Å². The average molecular weight is 353 g/mol. The summed E-state index contributed by atoms with van der Waals surface area (Å²) in [7, 11) is 0. The molecule has 21 heavy (non-hydrogen) atoms. The summed E-state index contributed by atoms with van der Waals surface area (Å²) in [6, 6.07) is -0.839. The second kappa shape index (κ2) is 8.73. The molecule has 2 rings (SSSR count). The molecule has 0 unspecified atom stereocenters. The highest BCUT2D eigenvalue weighted by atomic mass is 35.5. The molecule has 1 heterocycles. The minimum atomic E-state index is -2.95. The van der Waals surface area contributed by atoms with Gasteiger partial charge in [0.1, 0.15) is 23.5 Å². The monoisotopic (exact) mass is 352 g/mol. The quantitative estimate of drug-likeness (QED) is 0.840. The third-order valence-corrected chi connectivity index (χ3v) is 3.12. The summed E-state index contributed by atoms with van der Waals surface area (Å²) in [5, 5.41) is 2.96. The molecule has 1 aliphatic rings. The summed E-state index contributed by atoms with van der Waals surface area (Å²) >= 11 is 0. The van der Waals surface area contributed by atoms with E-state index >= 15 is 0 Å². The molecule has 0 saturated carbocycles. The van der Waals surface area contributed by atoms with Crippen LogP contribution in [0.4, 0.5) is 22.0 Å². The molecule has 0 aromatic heterocycles. The van der Waals surface area contributed by atoms with Gasteiger partial charge in [-0.3, -0.25) is 4.90 Å². The largest absolute Gasteiger partial charge is 0.314 e. The van der Waals surface area contributed by atoms with E-state index in [1.807, 2.05) is 0 Å². The van der Waals surface area contributed by atoms with Crippen molar-refractivity contribution in [1.82, 2.24) is 10.2 Å². The van der Waals surface area contributed by atoms with E-state index < -0.39 is 35.5 Å². The minimum Gasteiger partial charge on any atom is -0.314 e. The summed E-state index contributed by atoms with van der Waals surface area (Å²) in [5.74, 6) is -3.67. The lowest BCUT2D eigenvalue weighted by atomic mass is 10.0. The first-order valence-corrected chi connectivity index (χ1v) is 5.88. The molecule has 1 aromatic carbocycles. The van der Waals surface area contributed by atoms with Gasteiger partial charge < -0.3 is 5.32 Å². The van der Waals surface area contributed by atoms with Crippen molar-refractivity contribution >= 4 is 24.8 Å². The predicted molar refractivity (Wildman–Crippen MR) is 74.0 cm³/mol. The zero-order valence-electron chi connectivity index (χ0n) is 10.8. The molecule has 1 aromatic rings. The van der Waals surface area contributed by atoms with Gasteiger partial charge in [-0.05, 0) is 0 Å². The highest BCUT2D eigenvalue weighted by Gasteiger charge is 2.34. The van der Waals surface area contributed by atoms with Gasteiger partial charge in [0, 0.05) is 43.9 Å². The van der Waals surface area contributed by atoms with Crippen molar-refractivity contribution < 1.29 is 22.0 Å². The maximum absolute atomic E-state index is 13.6. The standard InChI is InChI=1S/C12H13F5N2.2ClH/c13-7-5-8(14)10(9(15)6-7)11(12(16)17)19-3-1-18-2-4-19;;/h5-6,11-12,18H,1-4H2;2*1H/t11-;;/m0../s1. The highest BCUT2D eigenvalue weighted by molar-refractivity contribution is 5.85. The minimum absolute atomic E-state index is 0. The van der Waals surface area contributed by atoms with Gasteiger partial charge >= 0.3 is 0 Å². The van der Waals surface area contributed by atoms with Crippen LogP contribution in [0.1, 0.15) is 11.6 Å². The Morgan fingerprint density at radius 2 is 1.43 bits per heavy atom. The fourth-order valence-corrected chi connectivity index (χ4v) is 2.26. The van der Waals surface area contributed by atoms with Gasteiger partial charge in [-0.15, -0.1) is 24.8 Å². The van der Waals surface area contributed by atoms with Gasteiger partial charge in [0.2, 0.25) is 0 Å². The summed E-state index contributed by atoms with van der Waals surface area (Å²) in [5.41, 5.74) is -0.765. The molecular weight excluding hydrogens is 338 g/mol. The Morgan fingerprint density at radius 1 is 0.952 bits per heavy atom. The van der Waals surface area contributed by atoms with Gasteiger partial charge in [-0.25, -0.2) is 22.0 Å². The molecule has 0 aliphatic carbocycles. The molecule has 1 atom stereocenters. The summed E-state index contributed by atoms with van der Waals surface area (Å²) in [4.78, 5) is 1.31. The maximum atomic E-state index is 13.6. The number of hydrogen-bond acceptors (Lipinski definition) is 2. The molecule has 1 saturated heterocycles. The van der Waals surface area contributed by atoms with Crippen LogP contribution in [-0.4, -0.2) is 37.5 Å². The van der Waals surface area contributed by atoms with Crippen molar-refractivity contribution in [3.05, 3.63) is 35.1 Å². The van der Waals surface area contributed by atoms with Gasteiger partial charge in [0.05, 0.1) is 0 Å². The van der Waals surface area contributed by atoms with Gasteiger partial charge in [-0.2, -0.15) is 0 Å². The van der Waals surface area contributed by atoms with E-state index in [9.17, 15) is 22.0 Å². The third-order valence-electron chi connectivity index (χ3n) is 3.12. The molecule has 0 radical (unpaired) electrons. The molecular formula is C12H15Cl2F5N2. The van der Waals surface area contributed by atoms with E-state index in [0.717, 1.165) is 0 Å². The highest BCUT2D eigenvalue weighted by Crippen LogP contribution is 2.32. The van der Waals surface area contributed by atoms with Crippen molar-refractivity contribution in [2.75, 3.05) is 26.2 Å². The first-order valence-electron chi connectivity index (χ1n) is 5.88.